The molecule has 1 aliphatic rings. The number of benzene rings is 2. The van der Waals surface area contributed by atoms with Crippen molar-refractivity contribution < 1.29 is 19.0 Å². The molecule has 178 valence electrons. The summed E-state index contributed by atoms with van der Waals surface area (Å²) >= 11 is 0. The molecule has 34 heavy (non-hydrogen) atoms. The van der Waals surface area contributed by atoms with Crippen LogP contribution in [0.5, 0.6) is 0 Å². The number of amides is 1. The molecule has 1 aliphatic heterocycles. The maximum atomic E-state index is 13.5. The average Bonchev–Trinajstić information content (AvgIpc) is 2.78. The highest BCUT2D eigenvalue weighted by molar-refractivity contribution is 5.70. The van der Waals surface area contributed by atoms with Crippen molar-refractivity contribution in [2.45, 2.75) is 57.8 Å². The van der Waals surface area contributed by atoms with Gasteiger partial charge in [-0.15, -0.1) is 0 Å². The van der Waals surface area contributed by atoms with Crippen LogP contribution in [0.4, 0.5) is 9.18 Å². The van der Waals surface area contributed by atoms with Gasteiger partial charge in [0, 0.05) is 31.3 Å². The fourth-order valence-corrected chi connectivity index (χ4v) is 4.76. The van der Waals surface area contributed by atoms with Crippen LogP contribution in [0, 0.1) is 12.7 Å². The molecule has 1 N–H and O–H groups in total. The van der Waals surface area contributed by atoms with Gasteiger partial charge in [0.05, 0.1) is 11.6 Å². The van der Waals surface area contributed by atoms with Crippen molar-refractivity contribution in [3.05, 3.63) is 89.5 Å². The Morgan fingerprint density at radius 3 is 2.38 bits per heavy atom. The summed E-state index contributed by atoms with van der Waals surface area (Å²) in [6.45, 7) is 7.78. The molecule has 2 aromatic carbocycles. The lowest BCUT2D eigenvalue weighted by Crippen LogP contribution is -2.51. The third-order valence-corrected chi connectivity index (χ3v) is 6.45. The van der Waals surface area contributed by atoms with E-state index in [4.69, 9.17) is 4.74 Å². The van der Waals surface area contributed by atoms with Gasteiger partial charge >= 0.3 is 6.09 Å². The van der Waals surface area contributed by atoms with Gasteiger partial charge in [-0.05, 0) is 74.2 Å². The Kier molecular flexibility index (Phi) is 6.45. The first-order chi connectivity index (χ1) is 16.1. The second-order valence-corrected chi connectivity index (χ2v) is 9.79. The molecule has 6 heteroatoms. The highest BCUT2D eigenvalue weighted by Gasteiger charge is 2.46. The second-order valence-electron chi connectivity index (χ2n) is 9.79. The Labute approximate surface area is 200 Å². The summed E-state index contributed by atoms with van der Waals surface area (Å²) in [6.07, 6.45) is 2.07. The van der Waals surface area contributed by atoms with Gasteiger partial charge in [-0.3, -0.25) is 4.98 Å². The molecular formula is C28H31FN2O3. The highest BCUT2D eigenvalue weighted by atomic mass is 19.1. The number of pyridine rings is 1. The predicted octanol–water partition coefficient (Wildman–Crippen LogP) is 6.16. The third-order valence-electron chi connectivity index (χ3n) is 6.45. The number of aromatic nitrogens is 1. The SMILES string of the molecule is Cc1cc(-c2ccc([C@H](C)N3CC[C@](CC(C)(C)O)(c4ccc(F)cc4)OC3=O)cc2)ccn1. The number of hydrogen-bond donors (Lipinski definition) is 1. The molecule has 2 atom stereocenters. The van der Waals surface area contributed by atoms with Crippen LogP contribution in [0.25, 0.3) is 11.1 Å². The van der Waals surface area contributed by atoms with E-state index in [9.17, 15) is 14.3 Å². The number of ether oxygens (including phenoxy) is 1. The van der Waals surface area contributed by atoms with E-state index in [1.165, 1.54) is 12.1 Å². The van der Waals surface area contributed by atoms with E-state index in [0.29, 0.717) is 18.5 Å². The topological polar surface area (TPSA) is 62.7 Å². The molecule has 2 heterocycles. The van der Waals surface area contributed by atoms with Gasteiger partial charge in [0.25, 0.3) is 0 Å². The van der Waals surface area contributed by atoms with Crippen LogP contribution in [-0.2, 0) is 10.3 Å². The summed E-state index contributed by atoms with van der Waals surface area (Å²) in [5.74, 6) is -0.357. The molecule has 0 spiro atoms. The summed E-state index contributed by atoms with van der Waals surface area (Å²) in [7, 11) is 0. The molecule has 0 radical (unpaired) electrons. The van der Waals surface area contributed by atoms with Gasteiger partial charge < -0.3 is 14.7 Å². The fourth-order valence-electron chi connectivity index (χ4n) is 4.76. The zero-order valence-electron chi connectivity index (χ0n) is 20.1. The van der Waals surface area contributed by atoms with Gasteiger partial charge in [-0.1, -0.05) is 36.4 Å². The zero-order chi connectivity index (χ0) is 24.5. The van der Waals surface area contributed by atoms with E-state index in [2.05, 4.69) is 4.98 Å². The van der Waals surface area contributed by atoms with Gasteiger partial charge in [0.2, 0.25) is 0 Å². The zero-order valence-corrected chi connectivity index (χ0v) is 20.1. The first-order valence-corrected chi connectivity index (χ1v) is 11.6. The number of hydrogen-bond acceptors (Lipinski definition) is 4. The Morgan fingerprint density at radius 1 is 1.12 bits per heavy atom. The maximum absolute atomic E-state index is 13.5. The van der Waals surface area contributed by atoms with Crippen LogP contribution < -0.4 is 0 Å². The van der Waals surface area contributed by atoms with Crippen LogP contribution in [0.15, 0.2) is 66.9 Å². The van der Waals surface area contributed by atoms with Crippen molar-refractivity contribution in [3.63, 3.8) is 0 Å². The standard InChI is InChI=1S/C28H31FN2O3/c1-19-17-23(13-15-30-19)22-7-5-21(6-8-22)20(2)31-16-14-28(34-26(31)32,18-27(3,4)33)24-9-11-25(29)12-10-24/h5-13,15,17,20,33H,14,16,18H2,1-4H3/t20-,28-/m0/s1. The number of carbonyl (C=O) groups is 1. The van der Waals surface area contributed by atoms with Gasteiger partial charge in [0.15, 0.2) is 0 Å². The molecule has 4 rings (SSSR count). The third kappa shape index (κ3) is 5.12. The van der Waals surface area contributed by atoms with Gasteiger partial charge in [0.1, 0.15) is 11.4 Å². The number of nitrogens with zero attached hydrogens (tertiary/aromatic N) is 2. The molecule has 1 saturated heterocycles. The molecule has 3 aromatic rings. The molecule has 0 aliphatic carbocycles. The summed E-state index contributed by atoms with van der Waals surface area (Å²) in [5, 5.41) is 10.5. The van der Waals surface area contributed by atoms with Crippen LogP contribution >= 0.6 is 0 Å². The van der Waals surface area contributed by atoms with E-state index < -0.39 is 17.3 Å². The quantitative estimate of drug-likeness (QED) is 0.477. The van der Waals surface area contributed by atoms with Gasteiger partial charge in [-0.25, -0.2) is 9.18 Å². The van der Waals surface area contributed by atoms with Crippen molar-refractivity contribution >= 4 is 6.09 Å². The highest BCUT2D eigenvalue weighted by Crippen LogP contribution is 2.42. The number of carbonyl (C=O) groups excluding carboxylic acids is 1. The van der Waals surface area contributed by atoms with Crippen LogP contribution in [0.3, 0.4) is 0 Å². The first-order valence-electron chi connectivity index (χ1n) is 11.6. The number of rotatable bonds is 6. The first kappa shape index (κ1) is 23.9. The molecule has 1 fully saturated rings. The molecule has 1 amide bonds. The number of halogens is 1. The summed E-state index contributed by atoms with van der Waals surface area (Å²) in [5.41, 5.74) is 2.76. The van der Waals surface area contributed by atoms with Crippen molar-refractivity contribution in [1.82, 2.24) is 9.88 Å². The van der Waals surface area contributed by atoms with E-state index in [1.807, 2.05) is 50.2 Å². The van der Waals surface area contributed by atoms with Crippen LogP contribution in [-0.4, -0.2) is 33.2 Å². The molecule has 0 unspecified atom stereocenters. The monoisotopic (exact) mass is 462 g/mol. The number of cyclic esters (lactones) is 1. The summed E-state index contributed by atoms with van der Waals surface area (Å²) < 4.78 is 19.6. The number of aryl methyl sites for hydroxylation is 1. The summed E-state index contributed by atoms with van der Waals surface area (Å²) in [6, 6.07) is 18.0. The van der Waals surface area contributed by atoms with Crippen LogP contribution in [0.1, 0.15) is 56.5 Å². The Morgan fingerprint density at radius 2 is 1.79 bits per heavy atom. The minimum atomic E-state index is -1.07. The fraction of sp³-hybridized carbons (Fsp3) is 0.357. The molecular weight excluding hydrogens is 431 g/mol. The Balaban J connectivity index is 1.54. The molecule has 1 aromatic heterocycles. The average molecular weight is 463 g/mol. The van der Waals surface area contributed by atoms with Crippen molar-refractivity contribution in [1.29, 1.82) is 0 Å². The van der Waals surface area contributed by atoms with E-state index in [0.717, 1.165) is 22.4 Å². The van der Waals surface area contributed by atoms with Crippen molar-refractivity contribution in [3.8, 4) is 11.1 Å². The van der Waals surface area contributed by atoms with E-state index in [-0.39, 0.29) is 18.3 Å². The largest absolute Gasteiger partial charge is 0.438 e. The Hall–Kier alpha value is -3.25. The second kappa shape index (κ2) is 9.18. The van der Waals surface area contributed by atoms with Crippen LogP contribution in [0.2, 0.25) is 0 Å². The maximum Gasteiger partial charge on any atom is 0.411 e. The van der Waals surface area contributed by atoms with Crippen molar-refractivity contribution in [2.75, 3.05) is 6.54 Å². The lowest BCUT2D eigenvalue weighted by molar-refractivity contribution is -0.101. The lowest BCUT2D eigenvalue weighted by atomic mass is 9.80. The minimum absolute atomic E-state index is 0.186. The van der Waals surface area contributed by atoms with Crippen molar-refractivity contribution in [2.24, 2.45) is 0 Å². The van der Waals surface area contributed by atoms with E-state index >= 15 is 0 Å². The predicted molar refractivity (Wildman–Crippen MR) is 130 cm³/mol. The lowest BCUT2D eigenvalue weighted by Gasteiger charge is -2.45. The Bertz CT molecular complexity index is 1160. The smallest absolute Gasteiger partial charge is 0.411 e. The van der Waals surface area contributed by atoms with E-state index in [1.54, 1.807) is 37.1 Å². The molecule has 0 bridgehead atoms. The minimum Gasteiger partial charge on any atom is -0.438 e. The number of aliphatic hydroxyl groups is 1. The summed E-state index contributed by atoms with van der Waals surface area (Å²) in [4.78, 5) is 19.2. The van der Waals surface area contributed by atoms with Gasteiger partial charge in [-0.2, -0.15) is 0 Å². The normalized spacial score (nSPS) is 19.6. The molecule has 0 saturated carbocycles. The molecule has 5 nitrogen and oxygen atoms in total.